The molecule has 1 aliphatic rings. The van der Waals surface area contributed by atoms with E-state index in [2.05, 4.69) is 13.8 Å². The summed E-state index contributed by atoms with van der Waals surface area (Å²) in [6.07, 6.45) is 1.41. The van der Waals surface area contributed by atoms with E-state index in [0.29, 0.717) is 0 Å². The van der Waals surface area contributed by atoms with Crippen LogP contribution in [0.5, 0.6) is 0 Å². The van der Waals surface area contributed by atoms with Crippen molar-refractivity contribution in [2.24, 2.45) is 5.92 Å². The van der Waals surface area contributed by atoms with Crippen LogP contribution < -0.4 is 0 Å². The molecule has 0 aliphatic carbocycles. The van der Waals surface area contributed by atoms with Crippen molar-refractivity contribution in [1.29, 1.82) is 0 Å². The van der Waals surface area contributed by atoms with Gasteiger partial charge in [0.1, 0.15) is 0 Å². The summed E-state index contributed by atoms with van der Waals surface area (Å²) < 4.78 is 0. The fourth-order valence-corrected chi connectivity index (χ4v) is 3.90. The van der Waals surface area contributed by atoms with Crippen molar-refractivity contribution in [3.8, 4) is 0 Å². The Kier molecular flexibility index (Phi) is 2.57. The zero-order valence-corrected chi connectivity index (χ0v) is 7.02. The molecule has 1 rings (SSSR count). The summed E-state index contributed by atoms with van der Waals surface area (Å²) in [5.74, 6) is 2.31. The Labute approximate surface area is 59.2 Å². The van der Waals surface area contributed by atoms with Gasteiger partial charge < -0.3 is 0 Å². The summed E-state index contributed by atoms with van der Waals surface area (Å²) in [7, 11) is 4.07. The summed E-state index contributed by atoms with van der Waals surface area (Å²) >= 11 is 0. The summed E-state index contributed by atoms with van der Waals surface area (Å²) in [5.41, 5.74) is 0. The highest BCUT2D eigenvalue weighted by molar-refractivity contribution is 8.77. The Morgan fingerprint density at radius 3 is 2.50 bits per heavy atom. The van der Waals surface area contributed by atoms with Crippen molar-refractivity contribution < 1.29 is 0 Å². The minimum atomic E-state index is 0.892. The Balaban J connectivity index is 2.23. The first-order valence-corrected chi connectivity index (χ1v) is 5.45. The third kappa shape index (κ3) is 1.90. The molecule has 0 saturated carbocycles. The van der Waals surface area contributed by atoms with Crippen molar-refractivity contribution in [1.82, 2.24) is 0 Å². The van der Waals surface area contributed by atoms with Gasteiger partial charge >= 0.3 is 0 Å². The highest BCUT2D eigenvalue weighted by atomic mass is 33.1. The quantitative estimate of drug-likeness (QED) is 0.484. The van der Waals surface area contributed by atoms with Gasteiger partial charge in [-0.2, -0.15) is 0 Å². The first kappa shape index (κ1) is 6.81. The lowest BCUT2D eigenvalue weighted by Gasteiger charge is -2.21. The van der Waals surface area contributed by atoms with E-state index in [0.717, 1.165) is 11.2 Å². The molecule has 1 fully saturated rings. The Bertz CT molecular complexity index is 64.9. The first-order chi connectivity index (χ1) is 3.79. The van der Waals surface area contributed by atoms with E-state index in [4.69, 9.17) is 0 Å². The summed E-state index contributed by atoms with van der Waals surface area (Å²) in [6, 6.07) is 0. The van der Waals surface area contributed by atoms with Gasteiger partial charge in [-0.05, 0) is 12.3 Å². The van der Waals surface area contributed by atoms with Crippen LogP contribution >= 0.6 is 21.6 Å². The zero-order chi connectivity index (χ0) is 5.98. The summed E-state index contributed by atoms with van der Waals surface area (Å²) in [5, 5.41) is 0.892. The molecule has 48 valence electrons. The van der Waals surface area contributed by atoms with Crippen molar-refractivity contribution >= 4 is 21.6 Å². The predicted molar refractivity (Wildman–Crippen MR) is 43.3 cm³/mol. The lowest BCUT2D eigenvalue weighted by atomic mass is 10.1. The Morgan fingerprint density at radius 2 is 2.12 bits per heavy atom. The van der Waals surface area contributed by atoms with Crippen LogP contribution in [0.25, 0.3) is 0 Å². The number of rotatable bonds is 0. The second-order valence-corrected chi connectivity index (χ2v) is 5.38. The largest absolute Gasteiger partial charge is 0.0936 e. The smallest absolute Gasteiger partial charge is 0.0126 e. The van der Waals surface area contributed by atoms with Crippen molar-refractivity contribution in [2.75, 3.05) is 5.75 Å². The molecule has 2 atom stereocenters. The molecule has 0 nitrogen and oxygen atoms in total. The molecular formula is C6H12S2. The second-order valence-electron chi connectivity index (χ2n) is 2.53. The van der Waals surface area contributed by atoms with Crippen LogP contribution in [0.1, 0.15) is 20.3 Å². The second kappa shape index (κ2) is 3.02. The van der Waals surface area contributed by atoms with E-state index in [1.165, 1.54) is 12.2 Å². The van der Waals surface area contributed by atoms with Gasteiger partial charge in [0, 0.05) is 11.0 Å². The molecule has 0 radical (unpaired) electrons. The molecule has 1 saturated heterocycles. The minimum absolute atomic E-state index is 0.892. The van der Waals surface area contributed by atoms with Gasteiger partial charge in [0.25, 0.3) is 0 Å². The molecule has 1 heterocycles. The molecule has 0 aromatic heterocycles. The van der Waals surface area contributed by atoms with Gasteiger partial charge in [0.15, 0.2) is 0 Å². The van der Waals surface area contributed by atoms with Crippen LogP contribution in [0, 0.1) is 5.92 Å². The van der Waals surface area contributed by atoms with Gasteiger partial charge in [0.2, 0.25) is 0 Å². The van der Waals surface area contributed by atoms with Crippen LogP contribution in [0.15, 0.2) is 0 Å². The normalized spacial score (nSPS) is 39.8. The molecule has 0 spiro atoms. The highest BCUT2D eigenvalue weighted by Crippen LogP contribution is 2.37. The van der Waals surface area contributed by atoms with E-state index in [1.54, 1.807) is 0 Å². The van der Waals surface area contributed by atoms with Crippen LogP contribution in [-0.2, 0) is 0 Å². The van der Waals surface area contributed by atoms with E-state index in [-0.39, 0.29) is 0 Å². The SMILES string of the molecule is CC1C[C@H](C)CSS1. The third-order valence-corrected chi connectivity index (χ3v) is 4.48. The molecule has 1 aliphatic heterocycles. The van der Waals surface area contributed by atoms with Crippen molar-refractivity contribution in [3.05, 3.63) is 0 Å². The molecule has 0 aromatic carbocycles. The third-order valence-electron chi connectivity index (χ3n) is 1.32. The van der Waals surface area contributed by atoms with Crippen molar-refractivity contribution in [3.63, 3.8) is 0 Å². The molecule has 1 unspecified atom stereocenters. The molecular weight excluding hydrogens is 136 g/mol. The maximum absolute atomic E-state index is 2.34. The molecule has 0 aromatic rings. The predicted octanol–water partition coefficient (Wildman–Crippen LogP) is 2.80. The minimum Gasteiger partial charge on any atom is -0.0936 e. The van der Waals surface area contributed by atoms with Crippen LogP contribution in [0.2, 0.25) is 0 Å². The topological polar surface area (TPSA) is 0 Å². The lowest BCUT2D eigenvalue weighted by Crippen LogP contribution is -2.10. The highest BCUT2D eigenvalue weighted by Gasteiger charge is 2.14. The van der Waals surface area contributed by atoms with Crippen LogP contribution in [0.3, 0.4) is 0 Å². The Hall–Kier alpha value is 0.700. The maximum Gasteiger partial charge on any atom is 0.0126 e. The van der Waals surface area contributed by atoms with E-state index < -0.39 is 0 Å². The molecule has 0 N–H and O–H groups in total. The monoisotopic (exact) mass is 148 g/mol. The maximum atomic E-state index is 2.34. The summed E-state index contributed by atoms with van der Waals surface area (Å²) in [6.45, 7) is 4.65. The Morgan fingerprint density at radius 1 is 1.38 bits per heavy atom. The van der Waals surface area contributed by atoms with Gasteiger partial charge in [-0.15, -0.1) is 0 Å². The average Bonchev–Trinajstić information content (AvgIpc) is 1.64. The van der Waals surface area contributed by atoms with E-state index >= 15 is 0 Å². The molecule has 8 heavy (non-hydrogen) atoms. The molecule has 0 bridgehead atoms. The van der Waals surface area contributed by atoms with E-state index in [9.17, 15) is 0 Å². The summed E-state index contributed by atoms with van der Waals surface area (Å²) in [4.78, 5) is 0. The number of hydrogen-bond acceptors (Lipinski definition) is 2. The van der Waals surface area contributed by atoms with Gasteiger partial charge in [-0.1, -0.05) is 35.4 Å². The van der Waals surface area contributed by atoms with Gasteiger partial charge in [-0.3, -0.25) is 0 Å². The molecule has 2 heteroatoms. The van der Waals surface area contributed by atoms with Gasteiger partial charge in [0.05, 0.1) is 0 Å². The zero-order valence-electron chi connectivity index (χ0n) is 5.39. The lowest BCUT2D eigenvalue weighted by molar-refractivity contribution is 0.592. The number of hydrogen-bond donors (Lipinski definition) is 0. The fraction of sp³-hybridized carbons (Fsp3) is 1.00. The average molecular weight is 148 g/mol. The van der Waals surface area contributed by atoms with Gasteiger partial charge in [-0.25, -0.2) is 0 Å². The fourth-order valence-electron chi connectivity index (χ4n) is 0.946. The van der Waals surface area contributed by atoms with Crippen molar-refractivity contribution in [2.45, 2.75) is 25.5 Å². The molecule has 0 amide bonds. The first-order valence-electron chi connectivity index (χ1n) is 3.07. The van der Waals surface area contributed by atoms with Crippen LogP contribution in [0.4, 0.5) is 0 Å². The standard InChI is InChI=1S/C6H12S2/c1-5-3-6(2)8-7-4-5/h5-6H,3-4H2,1-2H3/t5-,6?/m0/s1. The van der Waals surface area contributed by atoms with E-state index in [1.807, 2.05) is 21.6 Å². The van der Waals surface area contributed by atoms with Crippen LogP contribution in [-0.4, -0.2) is 11.0 Å².